The van der Waals surface area contributed by atoms with E-state index in [1.165, 1.54) is 50.0 Å². The molecule has 0 bridgehead atoms. The van der Waals surface area contributed by atoms with E-state index in [0.717, 1.165) is 24.8 Å². The van der Waals surface area contributed by atoms with Gasteiger partial charge in [0.25, 0.3) is 0 Å². The number of nitrogens with zero attached hydrogens (tertiary/aromatic N) is 1. The first-order valence-electron chi connectivity index (χ1n) is 7.39. The monoisotopic (exact) mass is 244 g/mol. The molecule has 2 aliphatic rings. The van der Waals surface area contributed by atoms with Crippen LogP contribution >= 0.6 is 0 Å². The lowest BCUT2D eigenvalue weighted by molar-refractivity contribution is 0.679. The molecule has 98 valence electrons. The molecule has 2 saturated carbocycles. The number of nitrogens with two attached hydrogens (primary N) is 1. The molecule has 0 atom stereocenters. The van der Waals surface area contributed by atoms with Crippen LogP contribution in [0.5, 0.6) is 0 Å². The van der Waals surface area contributed by atoms with Gasteiger partial charge in [0, 0.05) is 18.8 Å². The van der Waals surface area contributed by atoms with E-state index in [9.17, 15) is 0 Å². The molecule has 1 aromatic rings. The molecule has 2 fully saturated rings. The summed E-state index contributed by atoms with van der Waals surface area (Å²) in [6.07, 6.45) is 6.74. The molecule has 0 amide bonds. The van der Waals surface area contributed by atoms with Crippen molar-refractivity contribution >= 4 is 5.69 Å². The first kappa shape index (κ1) is 12.0. The van der Waals surface area contributed by atoms with Gasteiger partial charge in [-0.15, -0.1) is 0 Å². The zero-order valence-electron chi connectivity index (χ0n) is 11.1. The highest BCUT2D eigenvalue weighted by atomic mass is 15.1. The first-order valence-corrected chi connectivity index (χ1v) is 7.39. The van der Waals surface area contributed by atoms with E-state index in [-0.39, 0.29) is 0 Å². The van der Waals surface area contributed by atoms with E-state index in [2.05, 4.69) is 29.2 Å². The van der Waals surface area contributed by atoms with Gasteiger partial charge in [-0.05, 0) is 68.2 Å². The quantitative estimate of drug-likeness (QED) is 0.799. The Labute approximate surface area is 110 Å². The fraction of sp³-hybridized carbons (Fsp3) is 0.625. The summed E-state index contributed by atoms with van der Waals surface area (Å²) in [5.41, 5.74) is 8.37. The summed E-state index contributed by atoms with van der Waals surface area (Å²) in [6, 6.07) is 9.06. The van der Waals surface area contributed by atoms with Crippen molar-refractivity contribution in [2.45, 2.75) is 32.1 Å². The topological polar surface area (TPSA) is 29.3 Å². The lowest BCUT2D eigenvalue weighted by atomic mass is 10.1. The molecule has 0 aromatic heterocycles. The third-order valence-corrected chi connectivity index (χ3v) is 4.09. The lowest BCUT2D eigenvalue weighted by Gasteiger charge is -2.25. The van der Waals surface area contributed by atoms with Gasteiger partial charge in [0.2, 0.25) is 0 Å². The van der Waals surface area contributed by atoms with Gasteiger partial charge in [-0.2, -0.15) is 0 Å². The second-order valence-corrected chi connectivity index (χ2v) is 6.00. The normalized spacial score (nSPS) is 18.9. The Kier molecular flexibility index (Phi) is 3.55. The Morgan fingerprint density at radius 1 is 0.944 bits per heavy atom. The number of anilines is 1. The fourth-order valence-electron chi connectivity index (χ4n) is 2.55. The minimum atomic E-state index is 0.743. The molecule has 18 heavy (non-hydrogen) atoms. The van der Waals surface area contributed by atoms with Crippen LogP contribution in [0, 0.1) is 11.8 Å². The van der Waals surface area contributed by atoms with Crippen LogP contribution in [0.1, 0.15) is 31.2 Å². The van der Waals surface area contributed by atoms with Crippen LogP contribution in [-0.4, -0.2) is 19.6 Å². The average molecular weight is 244 g/mol. The molecule has 3 rings (SSSR count). The third-order valence-electron chi connectivity index (χ3n) is 4.09. The molecule has 0 spiro atoms. The molecule has 2 heteroatoms. The van der Waals surface area contributed by atoms with Crippen LogP contribution in [0.2, 0.25) is 0 Å². The van der Waals surface area contributed by atoms with Crippen LogP contribution in [0.3, 0.4) is 0 Å². The minimum Gasteiger partial charge on any atom is -0.371 e. The number of rotatable bonds is 7. The van der Waals surface area contributed by atoms with E-state index < -0.39 is 0 Å². The zero-order chi connectivity index (χ0) is 12.4. The van der Waals surface area contributed by atoms with E-state index in [1.54, 1.807) is 0 Å². The summed E-state index contributed by atoms with van der Waals surface area (Å²) in [5.74, 6) is 1.93. The largest absolute Gasteiger partial charge is 0.371 e. The van der Waals surface area contributed by atoms with E-state index in [0.29, 0.717) is 0 Å². The van der Waals surface area contributed by atoms with Crippen LogP contribution in [0.4, 0.5) is 5.69 Å². The van der Waals surface area contributed by atoms with Gasteiger partial charge in [-0.1, -0.05) is 12.1 Å². The highest BCUT2D eigenvalue weighted by molar-refractivity contribution is 5.48. The van der Waals surface area contributed by atoms with E-state index in [1.807, 2.05) is 0 Å². The fourth-order valence-corrected chi connectivity index (χ4v) is 2.55. The zero-order valence-corrected chi connectivity index (χ0v) is 11.1. The minimum absolute atomic E-state index is 0.743. The summed E-state index contributed by atoms with van der Waals surface area (Å²) in [4.78, 5) is 2.61. The lowest BCUT2D eigenvalue weighted by Crippen LogP contribution is -2.28. The standard InChI is InChI=1S/C16H24N2/c17-10-9-13-5-7-16(8-6-13)18(11-14-1-2-14)12-15-3-4-15/h5-8,14-15H,1-4,9-12,17H2. The molecule has 0 unspecified atom stereocenters. The molecule has 2 nitrogen and oxygen atoms in total. The molecule has 1 aromatic carbocycles. The van der Waals surface area contributed by atoms with E-state index >= 15 is 0 Å². The second kappa shape index (κ2) is 5.31. The Balaban J connectivity index is 1.66. The molecular weight excluding hydrogens is 220 g/mol. The van der Waals surface area contributed by atoms with Gasteiger partial charge in [0.1, 0.15) is 0 Å². The maximum absolute atomic E-state index is 5.60. The van der Waals surface area contributed by atoms with Crippen LogP contribution in [0.25, 0.3) is 0 Å². The molecule has 2 N–H and O–H groups in total. The predicted molar refractivity (Wildman–Crippen MR) is 76.9 cm³/mol. The molecular formula is C16H24N2. The van der Waals surface area contributed by atoms with Gasteiger partial charge in [0.05, 0.1) is 0 Å². The Morgan fingerprint density at radius 3 is 1.94 bits per heavy atom. The van der Waals surface area contributed by atoms with Crippen molar-refractivity contribution in [3.05, 3.63) is 29.8 Å². The van der Waals surface area contributed by atoms with Crippen LogP contribution in [0.15, 0.2) is 24.3 Å². The maximum Gasteiger partial charge on any atom is 0.0366 e. The second-order valence-electron chi connectivity index (χ2n) is 6.00. The Bertz CT molecular complexity index is 363. The molecule has 0 saturated heterocycles. The van der Waals surface area contributed by atoms with Crippen molar-refractivity contribution in [1.29, 1.82) is 0 Å². The SMILES string of the molecule is NCCc1ccc(N(CC2CC2)CC2CC2)cc1. The molecule has 0 radical (unpaired) electrons. The highest BCUT2D eigenvalue weighted by Crippen LogP contribution is 2.35. The summed E-state index contributed by atoms with van der Waals surface area (Å²) < 4.78 is 0. The van der Waals surface area contributed by atoms with Crippen molar-refractivity contribution in [2.24, 2.45) is 17.6 Å². The summed E-state index contributed by atoms with van der Waals surface area (Å²) >= 11 is 0. The van der Waals surface area contributed by atoms with Crippen molar-refractivity contribution in [3.8, 4) is 0 Å². The van der Waals surface area contributed by atoms with E-state index in [4.69, 9.17) is 5.73 Å². The third kappa shape index (κ3) is 3.26. The van der Waals surface area contributed by atoms with Crippen molar-refractivity contribution in [3.63, 3.8) is 0 Å². The van der Waals surface area contributed by atoms with Crippen molar-refractivity contribution < 1.29 is 0 Å². The van der Waals surface area contributed by atoms with Crippen molar-refractivity contribution in [2.75, 3.05) is 24.5 Å². The Hall–Kier alpha value is -1.02. The van der Waals surface area contributed by atoms with Gasteiger partial charge in [-0.3, -0.25) is 0 Å². The number of benzene rings is 1. The van der Waals surface area contributed by atoms with Gasteiger partial charge < -0.3 is 10.6 Å². The average Bonchev–Trinajstić information content (AvgIpc) is 3.25. The summed E-state index contributed by atoms with van der Waals surface area (Å²) in [7, 11) is 0. The van der Waals surface area contributed by atoms with Gasteiger partial charge in [-0.25, -0.2) is 0 Å². The van der Waals surface area contributed by atoms with Crippen LogP contribution < -0.4 is 10.6 Å². The molecule has 2 aliphatic carbocycles. The molecule has 0 aliphatic heterocycles. The van der Waals surface area contributed by atoms with Crippen LogP contribution in [-0.2, 0) is 6.42 Å². The summed E-state index contributed by atoms with van der Waals surface area (Å²) in [6.45, 7) is 3.28. The number of hydrogen-bond donors (Lipinski definition) is 1. The summed E-state index contributed by atoms with van der Waals surface area (Å²) in [5, 5.41) is 0. The van der Waals surface area contributed by atoms with Gasteiger partial charge >= 0.3 is 0 Å². The maximum atomic E-state index is 5.60. The highest BCUT2D eigenvalue weighted by Gasteiger charge is 2.29. The van der Waals surface area contributed by atoms with Gasteiger partial charge in [0.15, 0.2) is 0 Å². The Morgan fingerprint density at radius 2 is 1.50 bits per heavy atom. The smallest absolute Gasteiger partial charge is 0.0366 e. The van der Waals surface area contributed by atoms with Crippen molar-refractivity contribution in [1.82, 2.24) is 0 Å². The first-order chi connectivity index (χ1) is 8.85. The number of hydrogen-bond acceptors (Lipinski definition) is 2. The predicted octanol–water partition coefficient (Wildman–Crippen LogP) is 2.81. The molecule has 0 heterocycles.